The molecule has 28 heavy (non-hydrogen) atoms. The van der Waals surface area contributed by atoms with Gasteiger partial charge in [0.1, 0.15) is 5.75 Å². The SMILES string of the molecule is COc1ccc(Cl)cc1CN1CCN(C(=O)CNC(=O)c2ccc(Br)s2)CC1. The normalized spacial score (nSPS) is 14.8. The van der Waals surface area contributed by atoms with Gasteiger partial charge in [0.05, 0.1) is 22.3 Å². The first-order valence-corrected chi connectivity index (χ1v) is 10.8. The van der Waals surface area contributed by atoms with Crippen LogP contribution in [0.3, 0.4) is 0 Å². The lowest BCUT2D eigenvalue weighted by Gasteiger charge is -2.35. The zero-order valence-electron chi connectivity index (χ0n) is 15.4. The number of nitrogens with one attached hydrogen (secondary N) is 1. The molecule has 1 aliphatic heterocycles. The van der Waals surface area contributed by atoms with Crippen LogP contribution in [0.2, 0.25) is 5.02 Å². The zero-order chi connectivity index (χ0) is 20.1. The summed E-state index contributed by atoms with van der Waals surface area (Å²) in [6, 6.07) is 9.14. The summed E-state index contributed by atoms with van der Waals surface area (Å²) < 4.78 is 6.29. The van der Waals surface area contributed by atoms with E-state index in [1.165, 1.54) is 11.3 Å². The summed E-state index contributed by atoms with van der Waals surface area (Å²) in [5.74, 6) is 0.519. The van der Waals surface area contributed by atoms with Gasteiger partial charge in [-0.15, -0.1) is 11.3 Å². The fourth-order valence-electron chi connectivity index (χ4n) is 3.06. The van der Waals surface area contributed by atoms with Crippen LogP contribution < -0.4 is 10.1 Å². The van der Waals surface area contributed by atoms with E-state index in [9.17, 15) is 9.59 Å². The van der Waals surface area contributed by atoms with Crippen molar-refractivity contribution in [1.29, 1.82) is 0 Å². The van der Waals surface area contributed by atoms with E-state index in [0.29, 0.717) is 23.0 Å². The van der Waals surface area contributed by atoms with Crippen molar-refractivity contribution in [2.24, 2.45) is 0 Å². The molecule has 0 radical (unpaired) electrons. The quantitative estimate of drug-likeness (QED) is 0.681. The van der Waals surface area contributed by atoms with E-state index in [0.717, 1.165) is 34.7 Å². The van der Waals surface area contributed by atoms with Crippen LogP contribution in [0.1, 0.15) is 15.2 Å². The Kier molecular flexibility index (Phi) is 7.34. The number of rotatable bonds is 6. The second-order valence-corrected chi connectivity index (χ2v) is 9.30. The molecule has 3 rings (SSSR count). The number of methoxy groups -OCH3 is 1. The van der Waals surface area contributed by atoms with Crippen molar-refractivity contribution in [3.8, 4) is 5.75 Å². The van der Waals surface area contributed by atoms with Crippen molar-refractivity contribution in [1.82, 2.24) is 15.1 Å². The Balaban J connectivity index is 1.46. The van der Waals surface area contributed by atoms with Gasteiger partial charge in [-0.25, -0.2) is 0 Å². The van der Waals surface area contributed by atoms with Crippen LogP contribution in [0, 0.1) is 0 Å². The molecular formula is C19H21BrClN3O3S. The molecule has 6 nitrogen and oxygen atoms in total. The zero-order valence-corrected chi connectivity index (χ0v) is 18.6. The molecule has 9 heteroatoms. The highest BCUT2D eigenvalue weighted by Gasteiger charge is 2.22. The molecule has 0 saturated carbocycles. The fraction of sp³-hybridized carbons (Fsp3) is 0.368. The highest BCUT2D eigenvalue weighted by Crippen LogP contribution is 2.24. The second-order valence-electron chi connectivity index (χ2n) is 6.40. The molecule has 0 atom stereocenters. The fourth-order valence-corrected chi connectivity index (χ4v) is 4.56. The van der Waals surface area contributed by atoms with Gasteiger partial charge in [0.15, 0.2) is 0 Å². The Morgan fingerprint density at radius 2 is 1.96 bits per heavy atom. The Hall–Kier alpha value is -1.61. The summed E-state index contributed by atoms with van der Waals surface area (Å²) in [7, 11) is 1.65. The van der Waals surface area contributed by atoms with Gasteiger partial charge in [-0.3, -0.25) is 14.5 Å². The highest BCUT2D eigenvalue weighted by molar-refractivity contribution is 9.11. The summed E-state index contributed by atoms with van der Waals surface area (Å²) in [6.07, 6.45) is 0. The third-order valence-corrected chi connectivity index (χ3v) is 6.42. The number of benzene rings is 1. The number of carbonyl (C=O) groups is 2. The van der Waals surface area contributed by atoms with Crippen LogP contribution in [-0.4, -0.2) is 61.4 Å². The third-order valence-electron chi connectivity index (χ3n) is 4.56. The maximum atomic E-state index is 12.4. The average molecular weight is 487 g/mol. The smallest absolute Gasteiger partial charge is 0.261 e. The number of thiophene rings is 1. The van der Waals surface area contributed by atoms with Gasteiger partial charge in [0.2, 0.25) is 5.91 Å². The van der Waals surface area contributed by atoms with E-state index in [1.807, 2.05) is 24.3 Å². The standard InChI is InChI=1S/C19H21BrClN3O3S/c1-27-15-3-2-14(21)10-13(15)12-23-6-8-24(9-7-23)18(25)11-22-19(26)16-4-5-17(20)28-16/h2-5,10H,6-9,11-12H2,1H3,(H,22,26). The topological polar surface area (TPSA) is 61.9 Å². The van der Waals surface area contributed by atoms with Crippen molar-refractivity contribution in [3.63, 3.8) is 0 Å². The van der Waals surface area contributed by atoms with E-state index in [-0.39, 0.29) is 18.4 Å². The largest absolute Gasteiger partial charge is 0.496 e. The maximum Gasteiger partial charge on any atom is 0.261 e. The minimum atomic E-state index is -0.226. The number of carbonyl (C=O) groups excluding carboxylic acids is 2. The Bertz CT molecular complexity index is 853. The molecule has 1 N–H and O–H groups in total. The number of halogens is 2. The summed E-state index contributed by atoms with van der Waals surface area (Å²) in [6.45, 7) is 3.50. The molecule has 2 amide bonds. The van der Waals surface area contributed by atoms with Crippen molar-refractivity contribution in [3.05, 3.63) is 49.6 Å². The van der Waals surface area contributed by atoms with Crippen LogP contribution >= 0.6 is 38.9 Å². The summed E-state index contributed by atoms with van der Waals surface area (Å²) in [5, 5.41) is 3.38. The average Bonchev–Trinajstić information content (AvgIpc) is 3.13. The Morgan fingerprint density at radius 1 is 1.21 bits per heavy atom. The molecule has 0 bridgehead atoms. The first-order chi connectivity index (χ1) is 13.5. The van der Waals surface area contributed by atoms with Gasteiger partial charge in [-0.05, 0) is 46.3 Å². The van der Waals surface area contributed by atoms with E-state index >= 15 is 0 Å². The van der Waals surface area contributed by atoms with E-state index in [4.69, 9.17) is 16.3 Å². The van der Waals surface area contributed by atoms with Gasteiger partial charge in [-0.2, -0.15) is 0 Å². The molecule has 2 heterocycles. The van der Waals surface area contributed by atoms with Crippen molar-refractivity contribution in [2.45, 2.75) is 6.54 Å². The monoisotopic (exact) mass is 485 g/mol. The van der Waals surface area contributed by atoms with Gasteiger partial charge in [0.25, 0.3) is 5.91 Å². The van der Waals surface area contributed by atoms with Crippen molar-refractivity contribution < 1.29 is 14.3 Å². The lowest BCUT2D eigenvalue weighted by molar-refractivity contribution is -0.131. The Morgan fingerprint density at radius 3 is 2.61 bits per heavy atom. The molecule has 0 aliphatic carbocycles. The third kappa shape index (κ3) is 5.47. The summed E-state index contributed by atoms with van der Waals surface area (Å²) in [5.41, 5.74) is 1.03. The first kappa shape index (κ1) is 21.1. The first-order valence-electron chi connectivity index (χ1n) is 8.82. The number of hydrogen-bond donors (Lipinski definition) is 1. The number of nitrogens with zero attached hydrogens (tertiary/aromatic N) is 2. The molecule has 1 fully saturated rings. The number of piperazine rings is 1. The van der Waals surface area contributed by atoms with Crippen molar-refractivity contribution >= 4 is 50.7 Å². The lowest BCUT2D eigenvalue weighted by atomic mass is 10.1. The second kappa shape index (κ2) is 9.73. The molecule has 0 unspecified atom stereocenters. The number of amides is 2. The summed E-state index contributed by atoms with van der Waals surface area (Å²) in [4.78, 5) is 29.1. The van der Waals surface area contributed by atoms with Crippen LogP contribution in [0.15, 0.2) is 34.1 Å². The van der Waals surface area contributed by atoms with E-state index < -0.39 is 0 Å². The van der Waals surface area contributed by atoms with E-state index in [2.05, 4.69) is 26.1 Å². The minimum Gasteiger partial charge on any atom is -0.496 e. The molecule has 1 aromatic heterocycles. The van der Waals surface area contributed by atoms with Crippen LogP contribution in [0.4, 0.5) is 0 Å². The van der Waals surface area contributed by atoms with Gasteiger partial charge >= 0.3 is 0 Å². The summed E-state index contributed by atoms with van der Waals surface area (Å²) >= 11 is 10.8. The van der Waals surface area contributed by atoms with Gasteiger partial charge < -0.3 is 15.0 Å². The molecule has 1 saturated heterocycles. The molecule has 1 aromatic carbocycles. The van der Waals surface area contributed by atoms with Gasteiger partial charge in [0, 0.05) is 43.3 Å². The van der Waals surface area contributed by atoms with E-state index in [1.54, 1.807) is 18.1 Å². The van der Waals surface area contributed by atoms with Crippen molar-refractivity contribution in [2.75, 3.05) is 39.8 Å². The molecular weight excluding hydrogens is 466 g/mol. The lowest BCUT2D eigenvalue weighted by Crippen LogP contribution is -2.50. The van der Waals surface area contributed by atoms with Gasteiger partial charge in [-0.1, -0.05) is 11.6 Å². The molecule has 0 spiro atoms. The number of ether oxygens (including phenoxy) is 1. The molecule has 150 valence electrons. The predicted octanol–water partition coefficient (Wildman–Crippen LogP) is 3.25. The van der Waals surface area contributed by atoms with Crippen LogP contribution in [-0.2, 0) is 11.3 Å². The number of hydrogen-bond acceptors (Lipinski definition) is 5. The molecule has 2 aromatic rings. The Labute approximate surface area is 181 Å². The maximum absolute atomic E-state index is 12.4. The minimum absolute atomic E-state index is 0.0104. The predicted molar refractivity (Wildman–Crippen MR) is 114 cm³/mol. The highest BCUT2D eigenvalue weighted by atomic mass is 79.9. The van der Waals surface area contributed by atoms with Crippen LogP contribution in [0.5, 0.6) is 5.75 Å². The van der Waals surface area contributed by atoms with Crippen LogP contribution in [0.25, 0.3) is 0 Å². The molecule has 1 aliphatic rings.